The molecule has 2 aromatic carbocycles. The Morgan fingerprint density at radius 3 is 2.47 bits per heavy atom. The minimum Gasteiger partial charge on any atom is -0.338 e. The average molecular weight is 242 g/mol. The highest BCUT2D eigenvalue weighted by Gasteiger charge is 2.17. The molecule has 84 valence electrons. The van der Waals surface area contributed by atoms with Crippen LogP contribution in [0, 0.1) is 0 Å². The minimum absolute atomic E-state index is 0.655. The molecule has 0 saturated heterocycles. The molecular formula is C13H10N2OS. The number of amidine groups is 1. The molecule has 4 heteroatoms. The van der Waals surface area contributed by atoms with E-state index in [9.17, 15) is 4.21 Å². The molecule has 1 aliphatic rings. The number of nitrogens with zero attached hydrogens (tertiary/aromatic N) is 1. The predicted octanol–water partition coefficient (Wildman–Crippen LogP) is 2.58. The van der Waals surface area contributed by atoms with E-state index in [1.807, 2.05) is 54.6 Å². The number of hydrogen-bond donors (Lipinski definition) is 1. The summed E-state index contributed by atoms with van der Waals surface area (Å²) in [5, 5.41) is 3.20. The van der Waals surface area contributed by atoms with Gasteiger partial charge in [0.1, 0.15) is 5.84 Å². The first-order valence-electron chi connectivity index (χ1n) is 5.27. The Balaban J connectivity index is 2.05. The Labute approximate surface area is 102 Å². The fourth-order valence-corrected chi connectivity index (χ4v) is 2.64. The maximum Gasteiger partial charge on any atom is 0.176 e. The van der Waals surface area contributed by atoms with E-state index in [1.165, 1.54) is 0 Å². The summed E-state index contributed by atoms with van der Waals surface area (Å²) in [5.74, 6) is 0.655. The van der Waals surface area contributed by atoms with E-state index in [0.717, 1.165) is 16.1 Å². The summed E-state index contributed by atoms with van der Waals surface area (Å²) in [6.07, 6.45) is 0. The third-order valence-electron chi connectivity index (χ3n) is 2.55. The van der Waals surface area contributed by atoms with Crippen LogP contribution in [-0.4, -0.2) is 10.0 Å². The van der Waals surface area contributed by atoms with Crippen LogP contribution in [0.2, 0.25) is 0 Å². The second-order valence-electron chi connectivity index (χ2n) is 3.68. The van der Waals surface area contributed by atoms with E-state index in [1.54, 1.807) is 0 Å². The quantitative estimate of drug-likeness (QED) is 0.835. The second-order valence-corrected chi connectivity index (χ2v) is 4.80. The Kier molecular flexibility index (Phi) is 2.49. The van der Waals surface area contributed by atoms with Crippen LogP contribution in [0.5, 0.6) is 0 Å². The summed E-state index contributed by atoms with van der Waals surface area (Å²) in [4.78, 5) is 0.729. The summed E-state index contributed by atoms with van der Waals surface area (Å²) in [6.45, 7) is 0. The molecule has 0 spiro atoms. The Hall–Kier alpha value is -1.94. The lowest BCUT2D eigenvalue weighted by Gasteiger charge is -2.17. The molecule has 0 bridgehead atoms. The number of anilines is 1. The van der Waals surface area contributed by atoms with Gasteiger partial charge in [-0.25, -0.2) is 4.21 Å². The zero-order valence-electron chi connectivity index (χ0n) is 8.96. The van der Waals surface area contributed by atoms with E-state index in [4.69, 9.17) is 0 Å². The number of nitrogens with one attached hydrogen (secondary N) is 1. The van der Waals surface area contributed by atoms with Gasteiger partial charge in [-0.05, 0) is 12.1 Å². The van der Waals surface area contributed by atoms with Crippen molar-refractivity contribution in [3.63, 3.8) is 0 Å². The molecule has 0 saturated carbocycles. The molecule has 17 heavy (non-hydrogen) atoms. The van der Waals surface area contributed by atoms with Gasteiger partial charge in [0.25, 0.3) is 0 Å². The van der Waals surface area contributed by atoms with Crippen LogP contribution in [0.4, 0.5) is 5.69 Å². The lowest BCUT2D eigenvalue weighted by atomic mass is 10.2. The van der Waals surface area contributed by atoms with Crippen molar-refractivity contribution in [1.29, 1.82) is 0 Å². The number of hydrogen-bond acceptors (Lipinski definition) is 2. The van der Waals surface area contributed by atoms with Crippen molar-refractivity contribution >= 4 is 22.5 Å². The van der Waals surface area contributed by atoms with Crippen molar-refractivity contribution in [1.82, 2.24) is 0 Å². The highest BCUT2D eigenvalue weighted by Crippen LogP contribution is 2.25. The number of rotatable bonds is 1. The second kappa shape index (κ2) is 4.14. The van der Waals surface area contributed by atoms with E-state index in [2.05, 4.69) is 9.71 Å². The molecule has 0 amide bonds. The van der Waals surface area contributed by atoms with Crippen molar-refractivity contribution < 1.29 is 4.21 Å². The van der Waals surface area contributed by atoms with Gasteiger partial charge in [-0.1, -0.05) is 42.5 Å². The van der Waals surface area contributed by atoms with Crippen LogP contribution >= 0.6 is 0 Å². The lowest BCUT2D eigenvalue weighted by Crippen LogP contribution is -2.19. The summed E-state index contributed by atoms with van der Waals surface area (Å²) in [5.41, 5.74) is 1.80. The molecule has 1 atom stereocenters. The monoisotopic (exact) mass is 242 g/mol. The van der Waals surface area contributed by atoms with E-state index in [0.29, 0.717) is 5.84 Å². The summed E-state index contributed by atoms with van der Waals surface area (Å²) in [7, 11) is -1.32. The summed E-state index contributed by atoms with van der Waals surface area (Å²) in [6, 6.07) is 17.2. The van der Waals surface area contributed by atoms with Gasteiger partial charge in [0, 0.05) is 5.56 Å². The zero-order chi connectivity index (χ0) is 11.7. The van der Waals surface area contributed by atoms with Crippen LogP contribution in [0.15, 0.2) is 63.9 Å². The fraction of sp³-hybridized carbons (Fsp3) is 0. The van der Waals surface area contributed by atoms with Crippen molar-refractivity contribution in [2.75, 3.05) is 5.32 Å². The Morgan fingerprint density at radius 2 is 1.65 bits per heavy atom. The molecule has 2 aromatic rings. The Morgan fingerprint density at radius 1 is 0.941 bits per heavy atom. The molecule has 0 fully saturated rings. The first-order chi connectivity index (χ1) is 8.34. The zero-order valence-corrected chi connectivity index (χ0v) is 9.78. The molecule has 1 aliphatic heterocycles. The van der Waals surface area contributed by atoms with E-state index < -0.39 is 11.0 Å². The highest BCUT2D eigenvalue weighted by molar-refractivity contribution is 7.84. The Bertz CT molecular complexity index is 608. The standard InChI is InChI=1S/C13H10N2OS/c16-17-12-9-5-4-8-11(12)14-13(15-17)10-6-2-1-3-7-10/h1-9H,(H,14,15)/t17-/m0/s1. The smallest absolute Gasteiger partial charge is 0.176 e. The summed E-state index contributed by atoms with van der Waals surface area (Å²) < 4.78 is 16.1. The topological polar surface area (TPSA) is 41.5 Å². The van der Waals surface area contributed by atoms with Gasteiger partial charge < -0.3 is 5.32 Å². The van der Waals surface area contributed by atoms with Crippen LogP contribution in [-0.2, 0) is 11.0 Å². The minimum atomic E-state index is -1.32. The van der Waals surface area contributed by atoms with Gasteiger partial charge in [0.2, 0.25) is 0 Å². The maximum absolute atomic E-state index is 12.0. The van der Waals surface area contributed by atoms with Crippen LogP contribution in [0.3, 0.4) is 0 Å². The molecule has 1 N–H and O–H groups in total. The third kappa shape index (κ3) is 1.87. The van der Waals surface area contributed by atoms with Crippen molar-refractivity contribution in [3.05, 3.63) is 60.2 Å². The molecule has 0 unspecified atom stereocenters. The molecule has 3 nitrogen and oxygen atoms in total. The lowest BCUT2D eigenvalue weighted by molar-refractivity contribution is 0.684. The number of para-hydroxylation sites is 1. The third-order valence-corrected chi connectivity index (χ3v) is 3.63. The number of fused-ring (bicyclic) bond motifs is 1. The first kappa shape index (κ1) is 10.2. The van der Waals surface area contributed by atoms with Crippen LogP contribution < -0.4 is 5.32 Å². The van der Waals surface area contributed by atoms with Crippen LogP contribution in [0.25, 0.3) is 0 Å². The van der Waals surface area contributed by atoms with E-state index in [-0.39, 0.29) is 0 Å². The van der Waals surface area contributed by atoms with E-state index >= 15 is 0 Å². The maximum atomic E-state index is 12.0. The van der Waals surface area contributed by atoms with Gasteiger partial charge in [-0.3, -0.25) is 0 Å². The van der Waals surface area contributed by atoms with Crippen LogP contribution in [0.1, 0.15) is 5.56 Å². The molecule has 1 heterocycles. The fourth-order valence-electron chi connectivity index (χ4n) is 1.73. The van der Waals surface area contributed by atoms with Crippen molar-refractivity contribution in [3.8, 4) is 0 Å². The predicted molar refractivity (Wildman–Crippen MR) is 69.5 cm³/mol. The highest BCUT2D eigenvalue weighted by atomic mass is 32.2. The van der Waals surface area contributed by atoms with Gasteiger partial charge in [0.05, 0.1) is 10.6 Å². The van der Waals surface area contributed by atoms with Gasteiger partial charge in [-0.2, -0.15) is 4.40 Å². The molecule has 3 rings (SSSR count). The molecule has 0 aromatic heterocycles. The molecule has 0 radical (unpaired) electrons. The normalized spacial score (nSPS) is 17.9. The number of benzene rings is 2. The van der Waals surface area contributed by atoms with Crippen molar-refractivity contribution in [2.45, 2.75) is 4.90 Å². The molecule has 0 aliphatic carbocycles. The first-order valence-corrected chi connectivity index (χ1v) is 6.37. The van der Waals surface area contributed by atoms with Crippen molar-refractivity contribution in [2.24, 2.45) is 4.40 Å². The van der Waals surface area contributed by atoms with Gasteiger partial charge in [0.15, 0.2) is 11.0 Å². The molecular weight excluding hydrogens is 232 g/mol. The SMILES string of the molecule is O=[S@@]1N=C(c2ccccc2)Nc2ccccc21. The summed E-state index contributed by atoms with van der Waals surface area (Å²) >= 11 is 0. The largest absolute Gasteiger partial charge is 0.338 e. The van der Waals surface area contributed by atoms with Gasteiger partial charge >= 0.3 is 0 Å². The average Bonchev–Trinajstić information content (AvgIpc) is 2.40. The van der Waals surface area contributed by atoms with Gasteiger partial charge in [-0.15, -0.1) is 0 Å².